The van der Waals surface area contributed by atoms with Crippen molar-refractivity contribution < 1.29 is 14.0 Å². The Morgan fingerprint density at radius 3 is 2.92 bits per heavy atom. The lowest BCUT2D eigenvalue weighted by molar-refractivity contribution is -0.123. The van der Waals surface area contributed by atoms with Gasteiger partial charge in [0.15, 0.2) is 0 Å². The fourth-order valence-corrected chi connectivity index (χ4v) is 4.29. The molecular weight excluding hydrogens is 306 g/mol. The Balaban J connectivity index is 1.25. The molecule has 2 atom stereocenters. The van der Waals surface area contributed by atoms with E-state index in [0.717, 1.165) is 38.0 Å². The minimum absolute atomic E-state index is 0.0142. The molecule has 6 nitrogen and oxygen atoms in total. The fraction of sp³-hybridized carbons (Fsp3) is 0.667. The second kappa shape index (κ2) is 6.15. The highest BCUT2D eigenvalue weighted by Gasteiger charge is 2.61. The van der Waals surface area contributed by atoms with E-state index >= 15 is 0 Å². The van der Waals surface area contributed by atoms with Gasteiger partial charge in [-0.15, -0.1) is 0 Å². The molecule has 0 radical (unpaired) electrons. The predicted molar refractivity (Wildman–Crippen MR) is 88.1 cm³/mol. The van der Waals surface area contributed by atoms with Crippen LogP contribution >= 0.6 is 0 Å². The smallest absolute Gasteiger partial charge is 0.317 e. The van der Waals surface area contributed by atoms with Crippen LogP contribution in [0.15, 0.2) is 22.8 Å². The molecule has 1 spiro atoms. The van der Waals surface area contributed by atoms with Crippen LogP contribution in [0.4, 0.5) is 4.79 Å². The van der Waals surface area contributed by atoms with Gasteiger partial charge >= 0.3 is 6.03 Å². The zero-order valence-corrected chi connectivity index (χ0v) is 13.9. The summed E-state index contributed by atoms with van der Waals surface area (Å²) in [4.78, 5) is 26.6. The van der Waals surface area contributed by atoms with E-state index in [2.05, 4.69) is 10.6 Å². The number of furan rings is 1. The quantitative estimate of drug-likeness (QED) is 0.889. The summed E-state index contributed by atoms with van der Waals surface area (Å²) < 4.78 is 5.24. The maximum absolute atomic E-state index is 12.4. The molecule has 130 valence electrons. The molecule has 2 heterocycles. The second-order valence-corrected chi connectivity index (χ2v) is 7.52. The van der Waals surface area contributed by atoms with Crippen molar-refractivity contribution >= 4 is 11.9 Å². The minimum atomic E-state index is 0.0142. The molecule has 2 aliphatic carbocycles. The maximum Gasteiger partial charge on any atom is 0.317 e. The summed E-state index contributed by atoms with van der Waals surface area (Å²) in [6.45, 7) is 1.91. The van der Waals surface area contributed by atoms with Gasteiger partial charge in [0.05, 0.1) is 12.8 Å². The van der Waals surface area contributed by atoms with Crippen molar-refractivity contribution in [1.29, 1.82) is 0 Å². The van der Waals surface area contributed by atoms with Crippen molar-refractivity contribution in [3.63, 3.8) is 0 Å². The molecule has 2 saturated carbocycles. The zero-order chi connectivity index (χ0) is 16.6. The molecule has 4 rings (SSSR count). The highest BCUT2D eigenvalue weighted by atomic mass is 16.3. The van der Waals surface area contributed by atoms with Gasteiger partial charge in [-0.2, -0.15) is 0 Å². The Bertz CT molecular complexity index is 609. The third-order valence-corrected chi connectivity index (χ3v) is 5.88. The van der Waals surface area contributed by atoms with Crippen molar-refractivity contribution in [3.05, 3.63) is 24.2 Å². The second-order valence-electron chi connectivity index (χ2n) is 7.52. The van der Waals surface area contributed by atoms with Gasteiger partial charge in [-0.05, 0) is 37.8 Å². The molecule has 6 heteroatoms. The Morgan fingerprint density at radius 1 is 1.33 bits per heavy atom. The van der Waals surface area contributed by atoms with Crippen LogP contribution in [0.1, 0.15) is 44.3 Å². The van der Waals surface area contributed by atoms with E-state index in [9.17, 15) is 9.59 Å². The minimum Gasteiger partial charge on any atom is -0.467 e. The van der Waals surface area contributed by atoms with Crippen molar-refractivity contribution in [3.8, 4) is 0 Å². The van der Waals surface area contributed by atoms with E-state index in [0.29, 0.717) is 19.1 Å². The topological polar surface area (TPSA) is 74.6 Å². The van der Waals surface area contributed by atoms with Crippen molar-refractivity contribution in [2.45, 2.75) is 51.1 Å². The summed E-state index contributed by atoms with van der Waals surface area (Å²) in [5.41, 5.74) is 0.0142. The van der Waals surface area contributed by atoms with Crippen LogP contribution in [0, 0.1) is 11.3 Å². The number of amides is 3. The van der Waals surface area contributed by atoms with Crippen LogP contribution in [0.25, 0.3) is 0 Å². The molecule has 1 aromatic rings. The molecule has 0 unspecified atom stereocenters. The van der Waals surface area contributed by atoms with Gasteiger partial charge in [0, 0.05) is 30.5 Å². The lowest BCUT2D eigenvalue weighted by atomic mass is 10.0. The summed E-state index contributed by atoms with van der Waals surface area (Å²) in [5.74, 6) is 0.892. The fourth-order valence-electron chi connectivity index (χ4n) is 4.29. The summed E-state index contributed by atoms with van der Waals surface area (Å²) in [6, 6.07) is 4.08. The van der Waals surface area contributed by atoms with Crippen LogP contribution in [0.3, 0.4) is 0 Å². The number of hydrogen-bond acceptors (Lipinski definition) is 3. The third-order valence-electron chi connectivity index (χ3n) is 5.88. The number of hydrogen-bond donors (Lipinski definition) is 2. The first-order chi connectivity index (χ1) is 11.7. The maximum atomic E-state index is 12.4. The highest BCUT2D eigenvalue weighted by Crippen LogP contribution is 2.58. The molecule has 24 heavy (non-hydrogen) atoms. The van der Waals surface area contributed by atoms with Gasteiger partial charge in [0.2, 0.25) is 5.91 Å². The van der Waals surface area contributed by atoms with E-state index in [1.165, 1.54) is 12.8 Å². The van der Waals surface area contributed by atoms with Gasteiger partial charge in [-0.25, -0.2) is 4.79 Å². The first-order valence-corrected chi connectivity index (χ1v) is 9.02. The number of urea groups is 1. The number of nitrogens with one attached hydrogen (secondary N) is 2. The number of likely N-dealkylation sites (tertiary alicyclic amines) is 1. The first-order valence-electron chi connectivity index (χ1n) is 9.02. The molecule has 2 N–H and O–H groups in total. The summed E-state index contributed by atoms with van der Waals surface area (Å²) >= 11 is 0. The molecule has 1 aliphatic heterocycles. The monoisotopic (exact) mass is 331 g/mol. The van der Waals surface area contributed by atoms with Crippen LogP contribution in [-0.4, -0.2) is 36.0 Å². The van der Waals surface area contributed by atoms with E-state index < -0.39 is 0 Å². The largest absolute Gasteiger partial charge is 0.467 e. The summed E-state index contributed by atoms with van der Waals surface area (Å²) in [7, 11) is 0. The Morgan fingerprint density at radius 2 is 2.17 bits per heavy atom. The molecule has 3 fully saturated rings. The van der Waals surface area contributed by atoms with Gasteiger partial charge < -0.3 is 20.0 Å². The Kier molecular flexibility index (Phi) is 3.98. The van der Waals surface area contributed by atoms with Crippen molar-refractivity contribution in [2.75, 3.05) is 13.1 Å². The third kappa shape index (κ3) is 3.01. The highest BCUT2D eigenvalue weighted by molar-refractivity contribution is 5.83. The summed E-state index contributed by atoms with van der Waals surface area (Å²) in [5, 5.41) is 6.10. The van der Waals surface area contributed by atoms with Crippen molar-refractivity contribution in [2.24, 2.45) is 11.3 Å². The Labute approximate surface area is 142 Å². The zero-order valence-electron chi connectivity index (χ0n) is 13.9. The lowest BCUT2D eigenvalue weighted by Crippen LogP contribution is -2.43. The molecule has 1 aromatic heterocycles. The molecule has 0 bridgehead atoms. The summed E-state index contributed by atoms with van der Waals surface area (Å²) in [6.07, 6.45) is 8.07. The molecule has 1 saturated heterocycles. The number of nitrogens with zero attached hydrogens (tertiary/aromatic N) is 1. The van der Waals surface area contributed by atoms with Crippen LogP contribution in [-0.2, 0) is 11.3 Å². The van der Waals surface area contributed by atoms with Gasteiger partial charge in [0.1, 0.15) is 5.76 Å². The normalized spacial score (nSPS) is 29.2. The first kappa shape index (κ1) is 15.5. The predicted octanol–water partition coefficient (Wildman–Crippen LogP) is 2.26. The Hall–Kier alpha value is -1.98. The van der Waals surface area contributed by atoms with Crippen molar-refractivity contribution in [1.82, 2.24) is 15.5 Å². The van der Waals surface area contributed by atoms with Gasteiger partial charge in [-0.1, -0.05) is 12.8 Å². The van der Waals surface area contributed by atoms with Gasteiger partial charge in [-0.3, -0.25) is 4.79 Å². The number of carbonyl (C=O) groups is 2. The number of rotatable bonds is 4. The molecule has 3 amide bonds. The molecular formula is C18H25N3O3. The average molecular weight is 331 g/mol. The van der Waals surface area contributed by atoms with Crippen LogP contribution in [0.5, 0.6) is 0 Å². The van der Waals surface area contributed by atoms with Crippen LogP contribution < -0.4 is 10.6 Å². The molecule has 0 aromatic carbocycles. The van der Waals surface area contributed by atoms with Crippen LogP contribution in [0.2, 0.25) is 0 Å². The van der Waals surface area contributed by atoms with E-state index in [1.54, 1.807) is 6.26 Å². The van der Waals surface area contributed by atoms with E-state index in [1.807, 2.05) is 17.0 Å². The molecule has 3 aliphatic rings. The van der Waals surface area contributed by atoms with Gasteiger partial charge in [0.25, 0.3) is 0 Å². The average Bonchev–Trinajstić information content (AvgIpc) is 3.07. The van der Waals surface area contributed by atoms with E-state index in [-0.39, 0.29) is 23.3 Å². The SMILES string of the molecule is O=C(NCc1ccco1)[C@H]1C[C@]12CCN(C(=O)NC1CCCC1)C2. The standard InChI is InChI=1S/C18H25N3O3/c22-16(19-11-14-6-3-9-24-14)15-10-18(15)7-8-21(12-18)17(23)20-13-4-1-2-5-13/h3,6,9,13,15H,1-2,4-5,7-8,10-12H2,(H,19,22)(H,20,23)/t15-,18+/m1/s1. The lowest BCUT2D eigenvalue weighted by Gasteiger charge is -2.20. The number of carbonyl (C=O) groups excluding carboxylic acids is 2. The van der Waals surface area contributed by atoms with E-state index in [4.69, 9.17) is 4.42 Å².